The second kappa shape index (κ2) is 8.78. The fraction of sp³-hybridized carbons (Fsp3) is 0.273. The lowest BCUT2D eigenvalue weighted by Gasteiger charge is -2.24. The quantitative estimate of drug-likeness (QED) is 0.403. The van der Waals surface area contributed by atoms with E-state index in [1.807, 2.05) is 37.4 Å². The van der Waals surface area contributed by atoms with Crippen LogP contribution in [-0.2, 0) is 4.79 Å². The molecule has 3 aromatic rings. The van der Waals surface area contributed by atoms with Crippen molar-refractivity contribution in [2.45, 2.75) is 4.90 Å². The number of thiazole rings is 1. The summed E-state index contributed by atoms with van der Waals surface area (Å²) in [5, 5.41) is 0.566. The van der Waals surface area contributed by atoms with Crippen LogP contribution >= 0.6 is 23.1 Å². The first kappa shape index (κ1) is 21.5. The number of anilines is 1. The van der Waals surface area contributed by atoms with Crippen LogP contribution in [0.1, 0.15) is 20.7 Å². The first-order chi connectivity index (χ1) is 14.9. The summed E-state index contributed by atoms with van der Waals surface area (Å²) in [6.07, 6.45) is 2.01. The van der Waals surface area contributed by atoms with Crippen LogP contribution in [0.5, 0.6) is 0 Å². The molecule has 160 valence electrons. The van der Waals surface area contributed by atoms with Gasteiger partial charge in [0, 0.05) is 18.0 Å². The minimum Gasteiger partial charge on any atom is -0.308 e. The molecule has 3 amide bonds. The van der Waals surface area contributed by atoms with Crippen molar-refractivity contribution in [1.82, 2.24) is 14.8 Å². The van der Waals surface area contributed by atoms with E-state index >= 15 is 0 Å². The van der Waals surface area contributed by atoms with E-state index in [-0.39, 0.29) is 12.5 Å². The van der Waals surface area contributed by atoms with Gasteiger partial charge in [0.05, 0.1) is 21.3 Å². The van der Waals surface area contributed by atoms with Crippen molar-refractivity contribution in [1.29, 1.82) is 0 Å². The zero-order valence-electron chi connectivity index (χ0n) is 17.5. The van der Waals surface area contributed by atoms with Gasteiger partial charge in [-0.1, -0.05) is 23.5 Å². The SMILES string of the molecule is CSc1ccc2nc(N(CCN(C)C)C(=O)CN3C(=O)c4ccccc4C3=O)sc2c1. The van der Waals surface area contributed by atoms with Gasteiger partial charge in [0.25, 0.3) is 11.8 Å². The minimum atomic E-state index is -0.435. The monoisotopic (exact) mass is 454 g/mol. The van der Waals surface area contributed by atoms with Gasteiger partial charge in [-0.2, -0.15) is 0 Å². The van der Waals surface area contributed by atoms with E-state index < -0.39 is 11.8 Å². The van der Waals surface area contributed by atoms with Gasteiger partial charge in [-0.3, -0.25) is 24.2 Å². The third-order valence-electron chi connectivity index (χ3n) is 5.06. The maximum absolute atomic E-state index is 13.3. The van der Waals surface area contributed by atoms with Crippen LogP contribution in [0.15, 0.2) is 47.4 Å². The number of fused-ring (bicyclic) bond motifs is 2. The lowest BCUT2D eigenvalue weighted by Crippen LogP contribution is -2.45. The van der Waals surface area contributed by atoms with Crippen molar-refractivity contribution in [2.75, 3.05) is 44.9 Å². The number of carbonyl (C=O) groups excluding carboxylic acids is 3. The van der Waals surface area contributed by atoms with Gasteiger partial charge in [0.15, 0.2) is 5.13 Å². The summed E-state index contributed by atoms with van der Waals surface area (Å²) in [5.41, 5.74) is 1.50. The molecule has 0 atom stereocenters. The third-order valence-corrected chi connectivity index (χ3v) is 6.83. The smallest absolute Gasteiger partial charge is 0.262 e. The Labute approximate surface area is 188 Å². The van der Waals surface area contributed by atoms with Gasteiger partial charge in [-0.05, 0) is 50.7 Å². The molecule has 31 heavy (non-hydrogen) atoms. The second-order valence-corrected chi connectivity index (χ2v) is 9.31. The molecule has 4 rings (SSSR count). The number of amides is 3. The van der Waals surface area contributed by atoms with Crippen molar-refractivity contribution in [3.8, 4) is 0 Å². The van der Waals surface area contributed by atoms with Crippen molar-refractivity contribution in [2.24, 2.45) is 0 Å². The van der Waals surface area contributed by atoms with Gasteiger partial charge >= 0.3 is 0 Å². The number of aromatic nitrogens is 1. The number of likely N-dealkylation sites (N-methyl/N-ethyl adjacent to an activating group) is 1. The lowest BCUT2D eigenvalue weighted by atomic mass is 10.1. The number of carbonyl (C=O) groups is 3. The number of nitrogens with zero attached hydrogens (tertiary/aromatic N) is 4. The molecule has 0 fully saturated rings. The third kappa shape index (κ3) is 4.21. The van der Waals surface area contributed by atoms with Gasteiger partial charge in [-0.15, -0.1) is 11.8 Å². The summed E-state index contributed by atoms with van der Waals surface area (Å²) in [4.78, 5) is 49.0. The molecule has 9 heteroatoms. The highest BCUT2D eigenvalue weighted by molar-refractivity contribution is 7.98. The predicted molar refractivity (Wildman–Crippen MR) is 124 cm³/mol. The Hall–Kier alpha value is -2.75. The summed E-state index contributed by atoms with van der Waals surface area (Å²) in [5.74, 6) is -1.20. The molecule has 2 heterocycles. The van der Waals surface area contributed by atoms with Crippen molar-refractivity contribution in [3.63, 3.8) is 0 Å². The molecular formula is C22H22N4O3S2. The highest BCUT2D eigenvalue weighted by Gasteiger charge is 2.37. The molecule has 0 saturated heterocycles. The van der Waals surface area contributed by atoms with E-state index in [4.69, 9.17) is 0 Å². The van der Waals surface area contributed by atoms with E-state index in [0.29, 0.717) is 29.3 Å². The Morgan fingerprint density at radius 2 is 1.74 bits per heavy atom. The van der Waals surface area contributed by atoms with E-state index in [1.54, 1.807) is 40.9 Å². The average Bonchev–Trinajstić information content (AvgIpc) is 3.28. The van der Waals surface area contributed by atoms with Crippen molar-refractivity contribution < 1.29 is 14.4 Å². The Morgan fingerprint density at radius 3 is 2.35 bits per heavy atom. The molecule has 0 unspecified atom stereocenters. The molecule has 0 spiro atoms. The van der Waals surface area contributed by atoms with Crippen LogP contribution in [-0.4, -0.2) is 72.5 Å². The number of imide groups is 1. The van der Waals surface area contributed by atoms with Crippen molar-refractivity contribution >= 4 is 56.2 Å². The van der Waals surface area contributed by atoms with Crippen LogP contribution in [0.3, 0.4) is 0 Å². The first-order valence-corrected chi connectivity index (χ1v) is 11.8. The molecule has 1 aliphatic heterocycles. The number of benzene rings is 2. The second-order valence-electron chi connectivity index (χ2n) is 7.42. The number of hydrogen-bond donors (Lipinski definition) is 0. The highest BCUT2D eigenvalue weighted by atomic mass is 32.2. The normalized spacial score (nSPS) is 13.4. The zero-order valence-corrected chi connectivity index (χ0v) is 19.1. The zero-order chi connectivity index (χ0) is 22.1. The summed E-state index contributed by atoms with van der Waals surface area (Å²) in [6.45, 7) is 0.718. The molecule has 2 aromatic carbocycles. The average molecular weight is 455 g/mol. The highest BCUT2D eigenvalue weighted by Crippen LogP contribution is 2.32. The molecule has 0 N–H and O–H groups in total. The standard InChI is InChI=1S/C22H22N4O3S2/c1-24(2)10-11-25(22-23-17-9-8-14(30-3)12-18(17)31-22)19(27)13-26-20(28)15-6-4-5-7-16(15)21(26)29/h4-9,12H,10-11,13H2,1-3H3. The summed E-state index contributed by atoms with van der Waals surface area (Å²) in [7, 11) is 3.85. The lowest BCUT2D eigenvalue weighted by molar-refractivity contribution is -0.119. The number of hydrogen-bond acceptors (Lipinski definition) is 7. The molecular weight excluding hydrogens is 432 g/mol. The van der Waals surface area contributed by atoms with Crippen LogP contribution in [0.2, 0.25) is 0 Å². The largest absolute Gasteiger partial charge is 0.308 e. The maximum Gasteiger partial charge on any atom is 0.262 e. The van der Waals surface area contributed by atoms with Crippen LogP contribution in [0.25, 0.3) is 10.2 Å². The maximum atomic E-state index is 13.3. The first-order valence-electron chi connectivity index (χ1n) is 9.74. The van der Waals surface area contributed by atoms with E-state index in [0.717, 1.165) is 20.0 Å². The summed E-state index contributed by atoms with van der Waals surface area (Å²) in [6, 6.07) is 12.6. The van der Waals surface area contributed by atoms with Crippen molar-refractivity contribution in [3.05, 3.63) is 53.6 Å². The van der Waals surface area contributed by atoms with Crippen LogP contribution < -0.4 is 4.90 Å². The van der Waals surface area contributed by atoms with Gasteiger partial charge < -0.3 is 4.90 Å². The van der Waals surface area contributed by atoms with Gasteiger partial charge in [-0.25, -0.2) is 4.98 Å². The minimum absolute atomic E-state index is 0.314. The van der Waals surface area contributed by atoms with Gasteiger partial charge in [0.1, 0.15) is 6.54 Å². The molecule has 1 aromatic heterocycles. The van der Waals surface area contributed by atoms with E-state index in [2.05, 4.69) is 11.1 Å². The van der Waals surface area contributed by atoms with E-state index in [1.165, 1.54) is 11.3 Å². The fourth-order valence-corrected chi connectivity index (χ4v) is 4.93. The van der Waals surface area contributed by atoms with Crippen LogP contribution in [0.4, 0.5) is 5.13 Å². The molecule has 0 aliphatic carbocycles. The summed E-state index contributed by atoms with van der Waals surface area (Å²) >= 11 is 3.08. The Kier molecular flexibility index (Phi) is 6.08. The van der Waals surface area contributed by atoms with Crippen LogP contribution in [0, 0.1) is 0 Å². The molecule has 7 nitrogen and oxygen atoms in total. The fourth-order valence-electron chi connectivity index (χ4n) is 3.37. The van der Waals surface area contributed by atoms with Gasteiger partial charge in [0.2, 0.25) is 5.91 Å². The predicted octanol–water partition coefficient (Wildman–Crippen LogP) is 3.21. The number of rotatable bonds is 7. The van der Waals surface area contributed by atoms with E-state index in [9.17, 15) is 14.4 Å². The Morgan fingerprint density at radius 1 is 1.06 bits per heavy atom. The Bertz CT molecular complexity index is 1140. The number of thioether (sulfide) groups is 1. The molecule has 0 saturated carbocycles. The molecule has 0 radical (unpaired) electrons. The topological polar surface area (TPSA) is 73.8 Å². The summed E-state index contributed by atoms with van der Waals surface area (Å²) < 4.78 is 0.991. The molecule has 0 bridgehead atoms. The molecule has 1 aliphatic rings. The Balaban J connectivity index is 1.61.